The Kier molecular flexibility index (Phi) is 3.79. The molecule has 0 saturated carbocycles. The fourth-order valence-corrected chi connectivity index (χ4v) is 1.66. The normalized spacial score (nSPS) is 10.2. The van der Waals surface area contributed by atoms with Crippen LogP contribution in [-0.4, -0.2) is 21.6 Å². The van der Waals surface area contributed by atoms with E-state index in [9.17, 15) is 14.0 Å². The zero-order chi connectivity index (χ0) is 14.7. The topological polar surface area (TPSA) is 76.0 Å². The highest BCUT2D eigenvalue weighted by atomic mass is 19.1. The second kappa shape index (κ2) is 5.52. The molecular formula is C13H13FN4O2. The summed E-state index contributed by atoms with van der Waals surface area (Å²) in [5.74, 6) is -1.57. The fraction of sp³-hybridized carbons (Fsp3) is 0.154. The van der Waals surface area contributed by atoms with Gasteiger partial charge in [-0.25, -0.2) is 4.39 Å². The first-order valence-corrected chi connectivity index (χ1v) is 5.83. The first-order valence-electron chi connectivity index (χ1n) is 5.83. The third-order valence-corrected chi connectivity index (χ3v) is 2.49. The van der Waals surface area contributed by atoms with Gasteiger partial charge in [-0.2, -0.15) is 5.10 Å². The van der Waals surface area contributed by atoms with Gasteiger partial charge in [-0.15, -0.1) is 0 Å². The molecule has 0 bridgehead atoms. The van der Waals surface area contributed by atoms with Crippen LogP contribution in [0.4, 0.5) is 15.8 Å². The van der Waals surface area contributed by atoms with Crippen LogP contribution >= 0.6 is 0 Å². The Morgan fingerprint density at radius 1 is 1.25 bits per heavy atom. The van der Waals surface area contributed by atoms with E-state index < -0.39 is 11.7 Å². The van der Waals surface area contributed by atoms with Crippen molar-refractivity contribution in [2.45, 2.75) is 6.92 Å². The third-order valence-electron chi connectivity index (χ3n) is 2.49. The van der Waals surface area contributed by atoms with Crippen LogP contribution in [0, 0.1) is 5.82 Å². The van der Waals surface area contributed by atoms with Gasteiger partial charge in [-0.05, 0) is 18.2 Å². The number of anilines is 2. The van der Waals surface area contributed by atoms with Gasteiger partial charge >= 0.3 is 0 Å². The van der Waals surface area contributed by atoms with Crippen molar-refractivity contribution in [1.82, 2.24) is 9.78 Å². The molecule has 0 spiro atoms. The number of aromatic nitrogens is 2. The van der Waals surface area contributed by atoms with Gasteiger partial charge in [0.1, 0.15) is 5.82 Å². The number of aryl methyl sites for hydroxylation is 1. The van der Waals surface area contributed by atoms with Crippen LogP contribution in [0.5, 0.6) is 0 Å². The molecule has 2 N–H and O–H groups in total. The van der Waals surface area contributed by atoms with Gasteiger partial charge in [0.2, 0.25) is 5.91 Å². The molecule has 0 aliphatic carbocycles. The number of nitrogens with zero attached hydrogens (tertiary/aromatic N) is 2. The summed E-state index contributed by atoms with van der Waals surface area (Å²) in [6, 6.07) is 3.80. The minimum Gasteiger partial charge on any atom is -0.326 e. The van der Waals surface area contributed by atoms with E-state index in [4.69, 9.17) is 0 Å². The van der Waals surface area contributed by atoms with Crippen molar-refractivity contribution in [3.8, 4) is 0 Å². The maximum Gasteiger partial charge on any atom is 0.258 e. The first-order chi connectivity index (χ1) is 9.45. The Bertz CT molecular complexity index is 666. The molecule has 2 amide bonds. The van der Waals surface area contributed by atoms with Crippen molar-refractivity contribution < 1.29 is 14.0 Å². The summed E-state index contributed by atoms with van der Waals surface area (Å²) in [5, 5.41) is 8.91. The van der Waals surface area contributed by atoms with Crippen LogP contribution in [0.15, 0.2) is 30.6 Å². The van der Waals surface area contributed by atoms with Gasteiger partial charge in [0, 0.05) is 25.9 Å². The molecule has 7 heteroatoms. The van der Waals surface area contributed by atoms with E-state index in [2.05, 4.69) is 15.7 Å². The highest BCUT2D eigenvalue weighted by Crippen LogP contribution is 2.16. The molecule has 1 aromatic heterocycles. The summed E-state index contributed by atoms with van der Waals surface area (Å²) in [6.45, 7) is 1.33. The van der Waals surface area contributed by atoms with Crippen LogP contribution in [-0.2, 0) is 11.8 Å². The van der Waals surface area contributed by atoms with Crippen molar-refractivity contribution in [3.05, 3.63) is 42.0 Å². The number of halogens is 1. The third kappa shape index (κ3) is 3.19. The minimum absolute atomic E-state index is 0.153. The molecule has 0 aliphatic heterocycles. The molecule has 0 saturated heterocycles. The Hall–Kier alpha value is -2.70. The lowest BCUT2D eigenvalue weighted by molar-refractivity contribution is -0.114. The SMILES string of the molecule is CC(=O)Nc1ccc(F)c(C(=O)Nc2cnn(C)c2)c1. The molecule has 1 heterocycles. The maximum atomic E-state index is 13.7. The molecule has 0 atom stereocenters. The molecule has 0 fully saturated rings. The molecule has 0 unspecified atom stereocenters. The molecule has 104 valence electrons. The largest absolute Gasteiger partial charge is 0.326 e. The summed E-state index contributed by atoms with van der Waals surface area (Å²) in [6.07, 6.45) is 3.04. The minimum atomic E-state index is -0.666. The predicted octanol–water partition coefficient (Wildman–Crippen LogP) is 1.77. The fourth-order valence-electron chi connectivity index (χ4n) is 1.66. The van der Waals surface area contributed by atoms with Gasteiger partial charge < -0.3 is 10.6 Å². The number of carbonyl (C=O) groups excluding carboxylic acids is 2. The zero-order valence-electron chi connectivity index (χ0n) is 11.0. The zero-order valence-corrected chi connectivity index (χ0v) is 11.0. The number of benzene rings is 1. The van der Waals surface area contributed by atoms with E-state index in [1.54, 1.807) is 13.2 Å². The van der Waals surface area contributed by atoms with Gasteiger partial charge in [0.05, 0.1) is 17.4 Å². The average Bonchev–Trinajstić information content (AvgIpc) is 2.76. The van der Waals surface area contributed by atoms with Crippen molar-refractivity contribution in [2.75, 3.05) is 10.6 Å². The van der Waals surface area contributed by atoms with Crippen molar-refractivity contribution >= 4 is 23.2 Å². The lowest BCUT2D eigenvalue weighted by Gasteiger charge is -2.07. The summed E-state index contributed by atoms with van der Waals surface area (Å²) in [7, 11) is 1.70. The van der Waals surface area contributed by atoms with E-state index >= 15 is 0 Å². The predicted molar refractivity (Wildman–Crippen MR) is 71.9 cm³/mol. The number of nitrogens with one attached hydrogen (secondary N) is 2. The highest BCUT2D eigenvalue weighted by Gasteiger charge is 2.13. The number of amides is 2. The first kappa shape index (κ1) is 13.7. The smallest absolute Gasteiger partial charge is 0.258 e. The highest BCUT2D eigenvalue weighted by molar-refractivity contribution is 6.05. The quantitative estimate of drug-likeness (QED) is 0.897. The molecule has 2 aromatic rings. The van der Waals surface area contributed by atoms with Crippen LogP contribution < -0.4 is 10.6 Å². The lowest BCUT2D eigenvalue weighted by atomic mass is 10.1. The Morgan fingerprint density at radius 2 is 2.00 bits per heavy atom. The summed E-state index contributed by atoms with van der Waals surface area (Å²) >= 11 is 0. The van der Waals surface area contributed by atoms with Crippen molar-refractivity contribution in [3.63, 3.8) is 0 Å². The van der Waals surface area contributed by atoms with Crippen molar-refractivity contribution in [1.29, 1.82) is 0 Å². The van der Waals surface area contributed by atoms with E-state index in [-0.39, 0.29) is 11.5 Å². The Labute approximate surface area is 114 Å². The monoisotopic (exact) mass is 276 g/mol. The number of rotatable bonds is 3. The van der Waals surface area contributed by atoms with E-state index in [0.717, 1.165) is 6.07 Å². The lowest BCUT2D eigenvalue weighted by Crippen LogP contribution is -2.14. The van der Waals surface area contributed by atoms with Crippen LogP contribution in [0.3, 0.4) is 0 Å². The van der Waals surface area contributed by atoms with Crippen LogP contribution in [0.25, 0.3) is 0 Å². The van der Waals surface area contributed by atoms with Crippen LogP contribution in [0.2, 0.25) is 0 Å². The van der Waals surface area contributed by atoms with Gasteiger partial charge in [0.15, 0.2) is 0 Å². The molecule has 0 radical (unpaired) electrons. The Morgan fingerprint density at radius 3 is 2.60 bits per heavy atom. The second-order valence-corrected chi connectivity index (χ2v) is 4.23. The standard InChI is InChI=1S/C13H13FN4O2/c1-8(19)16-9-3-4-12(14)11(5-9)13(20)17-10-6-15-18(2)7-10/h3-7H,1-2H3,(H,16,19)(H,17,20). The number of carbonyl (C=O) groups is 2. The molecule has 20 heavy (non-hydrogen) atoms. The van der Waals surface area contributed by atoms with E-state index in [0.29, 0.717) is 11.4 Å². The molecule has 2 rings (SSSR count). The molecular weight excluding hydrogens is 263 g/mol. The summed E-state index contributed by atoms with van der Waals surface area (Å²) in [5.41, 5.74) is 0.664. The average molecular weight is 276 g/mol. The van der Waals surface area contributed by atoms with Gasteiger partial charge in [0.25, 0.3) is 5.91 Å². The molecule has 0 aliphatic rings. The number of hydrogen-bond acceptors (Lipinski definition) is 3. The van der Waals surface area contributed by atoms with E-state index in [1.165, 1.54) is 29.9 Å². The summed E-state index contributed by atoms with van der Waals surface area (Å²) < 4.78 is 15.2. The maximum absolute atomic E-state index is 13.7. The van der Waals surface area contributed by atoms with Crippen LogP contribution in [0.1, 0.15) is 17.3 Å². The summed E-state index contributed by atoms with van der Waals surface area (Å²) in [4.78, 5) is 22.9. The molecule has 1 aromatic carbocycles. The van der Waals surface area contributed by atoms with Gasteiger partial charge in [-0.3, -0.25) is 14.3 Å². The van der Waals surface area contributed by atoms with Crippen molar-refractivity contribution in [2.24, 2.45) is 7.05 Å². The van der Waals surface area contributed by atoms with E-state index in [1.807, 2.05) is 0 Å². The molecule has 6 nitrogen and oxygen atoms in total. The second-order valence-electron chi connectivity index (χ2n) is 4.23. The number of hydrogen-bond donors (Lipinski definition) is 2. The Balaban J connectivity index is 2.22. The van der Waals surface area contributed by atoms with Gasteiger partial charge in [-0.1, -0.05) is 0 Å².